The molecule has 1 atom stereocenters. The molecule has 0 aliphatic carbocycles. The van der Waals surface area contributed by atoms with Crippen LogP contribution in [0.2, 0.25) is 0 Å². The predicted molar refractivity (Wildman–Crippen MR) is 111 cm³/mol. The first-order chi connectivity index (χ1) is 13.8. The van der Waals surface area contributed by atoms with Gasteiger partial charge in [0.05, 0.1) is 29.1 Å². The summed E-state index contributed by atoms with van der Waals surface area (Å²) in [5, 5.41) is 2.78. The molecule has 1 aliphatic rings. The lowest BCUT2D eigenvalue weighted by Crippen LogP contribution is -2.35. The fraction of sp³-hybridized carbons (Fsp3) is 0.286. The zero-order valence-corrected chi connectivity index (χ0v) is 16.8. The van der Waals surface area contributed by atoms with E-state index in [1.54, 1.807) is 29.7 Å². The van der Waals surface area contributed by atoms with Crippen molar-refractivity contribution in [3.05, 3.63) is 75.7 Å². The van der Waals surface area contributed by atoms with Crippen molar-refractivity contribution in [3.63, 3.8) is 0 Å². The van der Waals surface area contributed by atoms with Crippen LogP contribution in [0.25, 0.3) is 11.0 Å². The van der Waals surface area contributed by atoms with E-state index in [0.29, 0.717) is 35.3 Å². The Morgan fingerprint density at radius 3 is 2.66 bits per heavy atom. The Labute approximate surface area is 168 Å². The van der Waals surface area contributed by atoms with Gasteiger partial charge in [-0.1, -0.05) is 30.3 Å². The van der Waals surface area contributed by atoms with Crippen molar-refractivity contribution in [1.29, 1.82) is 0 Å². The van der Waals surface area contributed by atoms with E-state index < -0.39 is 9.84 Å². The first kappa shape index (κ1) is 19.3. The van der Waals surface area contributed by atoms with Gasteiger partial charge in [0.15, 0.2) is 9.84 Å². The van der Waals surface area contributed by atoms with Crippen LogP contribution in [-0.2, 0) is 16.4 Å². The largest absolute Gasteiger partial charge is 0.348 e. The molecule has 1 N–H and O–H groups in total. The Morgan fingerprint density at radius 1 is 1.21 bits per heavy atom. The van der Waals surface area contributed by atoms with E-state index >= 15 is 0 Å². The van der Waals surface area contributed by atoms with Gasteiger partial charge in [0, 0.05) is 11.6 Å². The highest BCUT2D eigenvalue weighted by Gasteiger charge is 2.29. The fourth-order valence-corrected chi connectivity index (χ4v) is 5.29. The standard InChI is InChI=1S/C21H21N3O4S/c1-14-21(26)24(12-15-5-3-2-4-6-15)19-8-7-16(11-18(19)22-14)20(25)23-17-9-10-29(27,28)13-17/h2-8,11,17H,9-10,12-13H2,1H3,(H,23,25). The lowest BCUT2D eigenvalue weighted by atomic mass is 10.1. The number of carbonyl (C=O) groups excluding carboxylic acids is 1. The lowest BCUT2D eigenvalue weighted by Gasteiger charge is -2.14. The highest BCUT2D eigenvalue weighted by molar-refractivity contribution is 7.91. The normalized spacial score (nSPS) is 18.0. The van der Waals surface area contributed by atoms with Crippen LogP contribution in [0.5, 0.6) is 0 Å². The highest BCUT2D eigenvalue weighted by atomic mass is 32.2. The van der Waals surface area contributed by atoms with Crippen molar-refractivity contribution in [3.8, 4) is 0 Å². The molecule has 4 rings (SSSR count). The van der Waals surface area contributed by atoms with Gasteiger partial charge in [-0.15, -0.1) is 0 Å². The summed E-state index contributed by atoms with van der Waals surface area (Å²) in [4.78, 5) is 29.6. The lowest BCUT2D eigenvalue weighted by molar-refractivity contribution is 0.0941. The Bertz CT molecular complexity index is 1250. The van der Waals surface area contributed by atoms with Crippen LogP contribution in [-0.4, -0.2) is 41.4 Å². The quantitative estimate of drug-likeness (QED) is 0.704. The summed E-state index contributed by atoms with van der Waals surface area (Å²) in [6, 6.07) is 14.3. The van der Waals surface area contributed by atoms with Gasteiger partial charge in [0.25, 0.3) is 11.5 Å². The number of fused-ring (bicyclic) bond motifs is 1. The Hall–Kier alpha value is -3.00. The van der Waals surface area contributed by atoms with Crippen LogP contribution in [0.15, 0.2) is 53.3 Å². The average Bonchev–Trinajstić information content (AvgIpc) is 3.04. The molecule has 0 saturated carbocycles. The molecule has 1 saturated heterocycles. The van der Waals surface area contributed by atoms with E-state index in [1.165, 1.54) is 0 Å². The molecular formula is C21H21N3O4S. The number of amides is 1. The average molecular weight is 411 g/mol. The first-order valence-corrected chi connectivity index (χ1v) is 11.2. The number of aromatic nitrogens is 2. The third-order valence-electron chi connectivity index (χ3n) is 5.12. The number of carbonyl (C=O) groups is 1. The third kappa shape index (κ3) is 4.07. The number of sulfone groups is 1. The van der Waals surface area contributed by atoms with Crippen LogP contribution < -0.4 is 10.9 Å². The monoisotopic (exact) mass is 411 g/mol. The maximum Gasteiger partial charge on any atom is 0.272 e. The van der Waals surface area contributed by atoms with E-state index in [0.717, 1.165) is 5.56 Å². The molecule has 1 aromatic heterocycles. The molecule has 2 aromatic carbocycles. The molecule has 29 heavy (non-hydrogen) atoms. The number of rotatable bonds is 4. The Balaban J connectivity index is 1.67. The summed E-state index contributed by atoms with van der Waals surface area (Å²) in [5.41, 5.74) is 2.75. The van der Waals surface area contributed by atoms with Gasteiger partial charge in [-0.05, 0) is 37.1 Å². The van der Waals surface area contributed by atoms with Crippen LogP contribution in [0, 0.1) is 6.92 Å². The SMILES string of the molecule is Cc1nc2cc(C(=O)NC3CCS(=O)(=O)C3)ccc2n(Cc2ccccc2)c1=O. The van der Waals surface area contributed by atoms with Gasteiger partial charge in [-0.25, -0.2) is 13.4 Å². The fourth-order valence-electron chi connectivity index (χ4n) is 3.62. The van der Waals surface area contributed by atoms with Gasteiger partial charge in [-0.2, -0.15) is 0 Å². The molecule has 1 fully saturated rings. The van der Waals surface area contributed by atoms with Crippen LogP contribution in [0.4, 0.5) is 0 Å². The second-order valence-corrected chi connectivity index (χ2v) is 9.58. The van der Waals surface area contributed by atoms with Crippen molar-refractivity contribution in [2.75, 3.05) is 11.5 Å². The molecule has 3 aromatic rings. The highest BCUT2D eigenvalue weighted by Crippen LogP contribution is 2.17. The van der Waals surface area contributed by atoms with Crippen molar-refractivity contribution < 1.29 is 13.2 Å². The van der Waals surface area contributed by atoms with Crippen molar-refractivity contribution in [1.82, 2.24) is 14.9 Å². The smallest absolute Gasteiger partial charge is 0.272 e. The van der Waals surface area contributed by atoms with Gasteiger partial charge >= 0.3 is 0 Å². The maximum atomic E-state index is 12.7. The number of nitrogens with zero attached hydrogens (tertiary/aromatic N) is 2. The summed E-state index contributed by atoms with van der Waals surface area (Å²) in [5.74, 6) is -0.267. The number of hydrogen-bond acceptors (Lipinski definition) is 5. The van der Waals surface area contributed by atoms with Gasteiger partial charge in [0.1, 0.15) is 5.69 Å². The summed E-state index contributed by atoms with van der Waals surface area (Å²) in [6.07, 6.45) is 0.426. The molecule has 150 valence electrons. The molecular weight excluding hydrogens is 390 g/mol. The first-order valence-electron chi connectivity index (χ1n) is 9.39. The molecule has 2 heterocycles. The summed E-state index contributed by atoms with van der Waals surface area (Å²) >= 11 is 0. The van der Waals surface area contributed by atoms with Crippen LogP contribution in [0.1, 0.15) is 28.0 Å². The summed E-state index contributed by atoms with van der Waals surface area (Å²) in [6.45, 7) is 2.06. The Morgan fingerprint density at radius 2 is 1.97 bits per heavy atom. The van der Waals surface area contributed by atoms with E-state index in [2.05, 4.69) is 10.3 Å². The number of hydrogen-bond donors (Lipinski definition) is 1. The van der Waals surface area contributed by atoms with E-state index in [4.69, 9.17) is 0 Å². The second kappa shape index (κ2) is 7.44. The molecule has 8 heteroatoms. The minimum absolute atomic E-state index is 0.0275. The third-order valence-corrected chi connectivity index (χ3v) is 6.89. The number of benzene rings is 2. The van der Waals surface area contributed by atoms with E-state index in [9.17, 15) is 18.0 Å². The number of nitrogens with one attached hydrogen (secondary N) is 1. The zero-order chi connectivity index (χ0) is 20.6. The van der Waals surface area contributed by atoms with Crippen molar-refractivity contribution in [2.24, 2.45) is 0 Å². The van der Waals surface area contributed by atoms with Crippen LogP contribution >= 0.6 is 0 Å². The van der Waals surface area contributed by atoms with Crippen molar-refractivity contribution in [2.45, 2.75) is 25.9 Å². The summed E-state index contributed by atoms with van der Waals surface area (Å²) < 4.78 is 24.8. The van der Waals surface area contributed by atoms with Gasteiger partial charge in [-0.3, -0.25) is 9.59 Å². The number of aryl methyl sites for hydroxylation is 1. The molecule has 0 bridgehead atoms. The maximum absolute atomic E-state index is 12.7. The zero-order valence-electron chi connectivity index (χ0n) is 16.0. The molecule has 1 aliphatic heterocycles. The molecule has 0 radical (unpaired) electrons. The molecule has 1 unspecified atom stereocenters. The van der Waals surface area contributed by atoms with Gasteiger partial charge < -0.3 is 9.88 Å². The van der Waals surface area contributed by atoms with E-state index in [1.807, 2.05) is 30.3 Å². The van der Waals surface area contributed by atoms with E-state index in [-0.39, 0.29) is 29.0 Å². The Kier molecular flexibility index (Phi) is 4.96. The topological polar surface area (TPSA) is 98.1 Å². The molecule has 1 amide bonds. The second-order valence-electron chi connectivity index (χ2n) is 7.35. The molecule has 7 nitrogen and oxygen atoms in total. The van der Waals surface area contributed by atoms with Gasteiger partial charge in [0.2, 0.25) is 0 Å². The minimum Gasteiger partial charge on any atom is -0.348 e. The molecule has 0 spiro atoms. The minimum atomic E-state index is -3.07. The summed E-state index contributed by atoms with van der Waals surface area (Å²) in [7, 11) is -3.07. The van der Waals surface area contributed by atoms with Crippen molar-refractivity contribution >= 4 is 26.8 Å². The predicted octanol–water partition coefficient (Wildman–Crippen LogP) is 1.67. The van der Waals surface area contributed by atoms with Crippen LogP contribution in [0.3, 0.4) is 0 Å².